The van der Waals surface area contributed by atoms with E-state index in [1.165, 1.54) is 6.92 Å². The summed E-state index contributed by atoms with van der Waals surface area (Å²) in [5.74, 6) is -0.714. The third-order valence-electron chi connectivity index (χ3n) is 2.38. The van der Waals surface area contributed by atoms with Gasteiger partial charge in [-0.2, -0.15) is 0 Å². The van der Waals surface area contributed by atoms with E-state index in [1.54, 1.807) is 20.8 Å². The third-order valence-corrected chi connectivity index (χ3v) is 2.38. The molecule has 0 spiro atoms. The van der Waals surface area contributed by atoms with Gasteiger partial charge in [-0.3, -0.25) is 0 Å². The summed E-state index contributed by atoms with van der Waals surface area (Å²) in [5.41, 5.74) is -0.687. The summed E-state index contributed by atoms with van der Waals surface area (Å²) in [4.78, 5) is 11.3. The Labute approximate surface area is 118 Å². The van der Waals surface area contributed by atoms with Crippen LogP contribution >= 0.6 is 0 Å². The van der Waals surface area contributed by atoms with Gasteiger partial charge in [-0.25, -0.2) is 4.79 Å². The fourth-order valence-electron chi connectivity index (χ4n) is 1.32. The molecule has 0 heterocycles. The van der Waals surface area contributed by atoms with Gasteiger partial charge in [-0.05, 0) is 33.8 Å². The molecule has 5 atom stereocenters. The number of carbonyl (C=O) groups excluding carboxylic acids is 1. The van der Waals surface area contributed by atoms with Crippen molar-refractivity contribution in [1.29, 1.82) is 0 Å². The van der Waals surface area contributed by atoms with Crippen LogP contribution < -0.4 is 0 Å². The van der Waals surface area contributed by atoms with Gasteiger partial charge < -0.3 is 30.3 Å². The third kappa shape index (κ3) is 6.97. The summed E-state index contributed by atoms with van der Waals surface area (Å²) in [7, 11) is 0. The minimum atomic E-state index is -1.76. The standard InChI is InChI=1S/C13H24O7/c1-7(14)10(17)12(19)11(18)8(15)5-6-9(16)20-13(2,3)4/h5-8,10-12,14-15,17-19H,1-4H3/b6-5+/t7-,8+,10-,11-,12-/m1/s1. The molecule has 0 saturated carbocycles. The van der Waals surface area contributed by atoms with Crippen LogP contribution in [0.4, 0.5) is 0 Å². The van der Waals surface area contributed by atoms with Crippen LogP contribution in [0.3, 0.4) is 0 Å². The monoisotopic (exact) mass is 292 g/mol. The van der Waals surface area contributed by atoms with Crippen LogP contribution in [0.2, 0.25) is 0 Å². The van der Waals surface area contributed by atoms with E-state index in [4.69, 9.17) is 9.84 Å². The molecule has 0 rings (SSSR count). The SMILES string of the molecule is C[C@@H](O)[C@@H](O)[C@@H](O)[C@H](O)[C@@H](O)/C=C/C(=O)OC(C)(C)C. The highest BCUT2D eigenvalue weighted by Gasteiger charge is 2.31. The Morgan fingerprint density at radius 1 is 1.00 bits per heavy atom. The van der Waals surface area contributed by atoms with E-state index in [9.17, 15) is 25.2 Å². The van der Waals surface area contributed by atoms with Crippen molar-refractivity contribution in [3.63, 3.8) is 0 Å². The first-order valence-corrected chi connectivity index (χ1v) is 6.27. The van der Waals surface area contributed by atoms with E-state index in [2.05, 4.69) is 0 Å². The number of hydrogen-bond acceptors (Lipinski definition) is 7. The van der Waals surface area contributed by atoms with Crippen molar-refractivity contribution in [2.45, 2.75) is 63.8 Å². The fraction of sp³-hybridized carbons (Fsp3) is 0.769. The Bertz CT molecular complexity index is 332. The molecule has 0 aromatic rings. The Hall–Kier alpha value is -0.990. The van der Waals surface area contributed by atoms with Crippen molar-refractivity contribution in [1.82, 2.24) is 0 Å². The molecule has 20 heavy (non-hydrogen) atoms. The maximum atomic E-state index is 11.3. The molecule has 5 N–H and O–H groups in total. The Kier molecular flexibility index (Phi) is 7.32. The van der Waals surface area contributed by atoms with Crippen molar-refractivity contribution in [3.05, 3.63) is 12.2 Å². The lowest BCUT2D eigenvalue weighted by molar-refractivity contribution is -0.148. The lowest BCUT2D eigenvalue weighted by Gasteiger charge is -2.26. The van der Waals surface area contributed by atoms with Crippen LogP contribution in [-0.4, -0.2) is 67.6 Å². The summed E-state index contributed by atoms with van der Waals surface area (Å²) in [6.45, 7) is 6.25. The maximum Gasteiger partial charge on any atom is 0.331 e. The molecule has 0 aliphatic heterocycles. The first kappa shape index (κ1) is 19.0. The Balaban J connectivity index is 4.53. The average molecular weight is 292 g/mol. The molecule has 7 heteroatoms. The fourth-order valence-corrected chi connectivity index (χ4v) is 1.32. The number of esters is 1. The molecular weight excluding hydrogens is 268 g/mol. The number of carbonyl (C=O) groups is 1. The van der Waals surface area contributed by atoms with Crippen molar-refractivity contribution in [2.75, 3.05) is 0 Å². The molecule has 0 amide bonds. The van der Waals surface area contributed by atoms with Gasteiger partial charge >= 0.3 is 5.97 Å². The van der Waals surface area contributed by atoms with Gasteiger partial charge in [0.2, 0.25) is 0 Å². The average Bonchev–Trinajstić information content (AvgIpc) is 2.30. The van der Waals surface area contributed by atoms with E-state index in [0.717, 1.165) is 12.2 Å². The number of aliphatic hydroxyl groups excluding tert-OH is 5. The lowest BCUT2D eigenvalue weighted by Crippen LogP contribution is -2.47. The van der Waals surface area contributed by atoms with E-state index in [0.29, 0.717) is 0 Å². The number of rotatable bonds is 6. The van der Waals surface area contributed by atoms with Gasteiger partial charge in [0.25, 0.3) is 0 Å². The Morgan fingerprint density at radius 3 is 1.90 bits per heavy atom. The molecule has 7 nitrogen and oxygen atoms in total. The van der Waals surface area contributed by atoms with Crippen LogP contribution in [0, 0.1) is 0 Å². The molecule has 0 unspecified atom stereocenters. The number of hydrogen-bond donors (Lipinski definition) is 5. The summed E-state index contributed by atoms with van der Waals surface area (Å²) in [6.07, 6.45) is -6.13. The minimum absolute atomic E-state index is 0.687. The quantitative estimate of drug-likeness (QED) is 0.304. The van der Waals surface area contributed by atoms with Gasteiger partial charge in [0, 0.05) is 6.08 Å². The molecule has 0 bridgehead atoms. The predicted octanol–water partition coefficient (Wildman–Crippen LogP) is -1.29. The minimum Gasteiger partial charge on any atom is -0.457 e. The van der Waals surface area contributed by atoms with Crippen LogP contribution in [-0.2, 0) is 9.53 Å². The zero-order chi connectivity index (χ0) is 16.1. The van der Waals surface area contributed by atoms with Crippen LogP contribution in [0.1, 0.15) is 27.7 Å². The van der Waals surface area contributed by atoms with Crippen molar-refractivity contribution >= 4 is 5.97 Å². The molecule has 0 aromatic heterocycles. The van der Waals surface area contributed by atoms with Crippen molar-refractivity contribution in [2.24, 2.45) is 0 Å². The zero-order valence-corrected chi connectivity index (χ0v) is 12.1. The molecular formula is C13H24O7. The maximum absolute atomic E-state index is 11.3. The van der Waals surface area contributed by atoms with Crippen molar-refractivity contribution in [3.8, 4) is 0 Å². The van der Waals surface area contributed by atoms with Gasteiger partial charge in [0.05, 0.1) is 6.10 Å². The first-order valence-electron chi connectivity index (χ1n) is 6.27. The van der Waals surface area contributed by atoms with Gasteiger partial charge in [0.15, 0.2) is 0 Å². The summed E-state index contributed by atoms with van der Waals surface area (Å²) in [6, 6.07) is 0. The molecule has 0 aromatic carbocycles. The zero-order valence-electron chi connectivity index (χ0n) is 12.1. The summed E-state index contributed by atoms with van der Waals surface area (Å²) in [5, 5.41) is 47.1. The molecule has 0 radical (unpaired) electrons. The van der Waals surface area contributed by atoms with E-state index < -0.39 is 42.1 Å². The summed E-state index contributed by atoms with van der Waals surface area (Å²) < 4.78 is 4.94. The van der Waals surface area contributed by atoms with Gasteiger partial charge in [-0.1, -0.05) is 0 Å². The largest absolute Gasteiger partial charge is 0.457 e. The normalized spacial score (nSPS) is 20.2. The van der Waals surface area contributed by atoms with E-state index in [-0.39, 0.29) is 0 Å². The second kappa shape index (κ2) is 7.70. The first-order chi connectivity index (χ1) is 8.95. The molecule has 0 fully saturated rings. The second-order valence-corrected chi connectivity index (χ2v) is 5.60. The highest BCUT2D eigenvalue weighted by Crippen LogP contribution is 2.10. The molecule has 118 valence electrons. The molecule has 0 saturated heterocycles. The topological polar surface area (TPSA) is 127 Å². The van der Waals surface area contributed by atoms with Crippen LogP contribution in [0.25, 0.3) is 0 Å². The van der Waals surface area contributed by atoms with Gasteiger partial charge in [0.1, 0.15) is 30.0 Å². The predicted molar refractivity (Wildman–Crippen MR) is 70.7 cm³/mol. The molecule has 0 aliphatic rings. The van der Waals surface area contributed by atoms with E-state index in [1.807, 2.05) is 0 Å². The highest BCUT2D eigenvalue weighted by atomic mass is 16.6. The summed E-state index contributed by atoms with van der Waals surface area (Å²) >= 11 is 0. The number of aliphatic hydroxyl groups is 5. The molecule has 0 aliphatic carbocycles. The highest BCUT2D eigenvalue weighted by molar-refractivity contribution is 5.82. The van der Waals surface area contributed by atoms with Crippen molar-refractivity contribution < 1.29 is 35.1 Å². The number of ether oxygens (including phenoxy) is 1. The smallest absolute Gasteiger partial charge is 0.331 e. The Morgan fingerprint density at radius 2 is 1.50 bits per heavy atom. The van der Waals surface area contributed by atoms with E-state index >= 15 is 0 Å². The lowest BCUT2D eigenvalue weighted by atomic mass is 10.00. The van der Waals surface area contributed by atoms with Crippen LogP contribution in [0.15, 0.2) is 12.2 Å². The van der Waals surface area contributed by atoms with Gasteiger partial charge in [-0.15, -0.1) is 0 Å². The second-order valence-electron chi connectivity index (χ2n) is 5.60. The van der Waals surface area contributed by atoms with Crippen LogP contribution in [0.5, 0.6) is 0 Å².